The highest BCUT2D eigenvalue weighted by Gasteiger charge is 2.63. The first-order valence-corrected chi connectivity index (χ1v) is 8.97. The van der Waals surface area contributed by atoms with E-state index in [1.54, 1.807) is 46.1 Å². The van der Waals surface area contributed by atoms with Crippen molar-refractivity contribution in [2.45, 2.75) is 27.1 Å². The zero-order valence-electron chi connectivity index (χ0n) is 16.2. The van der Waals surface area contributed by atoms with Crippen LogP contribution in [0.15, 0.2) is 29.8 Å². The van der Waals surface area contributed by atoms with Gasteiger partial charge < -0.3 is 23.7 Å². The summed E-state index contributed by atoms with van der Waals surface area (Å²) in [7, 11) is 1.58. The Morgan fingerprint density at radius 2 is 1.67 bits per heavy atom. The molecule has 7 nitrogen and oxygen atoms in total. The molecule has 1 fully saturated rings. The van der Waals surface area contributed by atoms with Gasteiger partial charge in [-0.1, -0.05) is 18.2 Å². The van der Waals surface area contributed by atoms with Crippen molar-refractivity contribution < 1.29 is 33.3 Å². The molecule has 0 radical (unpaired) electrons. The summed E-state index contributed by atoms with van der Waals surface area (Å²) in [6, 6.07) is 7.22. The Labute approximate surface area is 159 Å². The van der Waals surface area contributed by atoms with Gasteiger partial charge in [0.1, 0.15) is 5.75 Å². The van der Waals surface area contributed by atoms with Crippen LogP contribution in [0, 0.1) is 5.41 Å². The van der Waals surface area contributed by atoms with Gasteiger partial charge in [0, 0.05) is 6.61 Å². The highest BCUT2D eigenvalue weighted by atomic mass is 16.7. The Kier molecular flexibility index (Phi) is 7.38. The van der Waals surface area contributed by atoms with Crippen LogP contribution in [0.3, 0.4) is 0 Å². The molecule has 1 aromatic rings. The third kappa shape index (κ3) is 4.14. The van der Waals surface area contributed by atoms with Gasteiger partial charge in [-0.25, -0.2) is 0 Å². The molecule has 7 heteroatoms. The number of benzene rings is 1. The lowest BCUT2D eigenvalue weighted by Gasteiger charge is -2.30. The van der Waals surface area contributed by atoms with Gasteiger partial charge in [-0.3, -0.25) is 9.59 Å². The van der Waals surface area contributed by atoms with Crippen LogP contribution in [0.5, 0.6) is 5.75 Å². The van der Waals surface area contributed by atoms with Gasteiger partial charge in [-0.05, 0) is 44.0 Å². The van der Waals surface area contributed by atoms with E-state index in [9.17, 15) is 9.59 Å². The Hall–Kier alpha value is -2.38. The third-order valence-electron chi connectivity index (χ3n) is 4.22. The van der Waals surface area contributed by atoms with E-state index >= 15 is 0 Å². The predicted octanol–water partition coefficient (Wildman–Crippen LogP) is 2.58. The summed E-state index contributed by atoms with van der Waals surface area (Å²) in [5.41, 5.74) is -0.574. The molecule has 1 unspecified atom stereocenters. The Morgan fingerprint density at radius 1 is 1.07 bits per heavy atom. The molecule has 1 aromatic carbocycles. The maximum Gasteiger partial charge on any atom is 0.333 e. The zero-order valence-corrected chi connectivity index (χ0v) is 16.2. The summed E-state index contributed by atoms with van der Waals surface area (Å²) in [5.74, 6) is -0.771. The molecule has 1 atom stereocenters. The largest absolute Gasteiger partial charge is 0.497 e. The van der Waals surface area contributed by atoms with Crippen molar-refractivity contribution in [3.05, 3.63) is 35.4 Å². The van der Waals surface area contributed by atoms with Crippen LogP contribution in [0.25, 0.3) is 6.08 Å². The lowest BCUT2D eigenvalue weighted by atomic mass is 9.80. The van der Waals surface area contributed by atoms with Crippen LogP contribution in [0.4, 0.5) is 0 Å². The van der Waals surface area contributed by atoms with Crippen LogP contribution in [-0.2, 0) is 28.5 Å². The third-order valence-corrected chi connectivity index (χ3v) is 4.22. The minimum absolute atomic E-state index is 0.0499. The second-order valence-electron chi connectivity index (χ2n) is 5.79. The van der Waals surface area contributed by atoms with Gasteiger partial charge in [0.25, 0.3) is 0 Å². The van der Waals surface area contributed by atoms with Crippen LogP contribution in [0.1, 0.15) is 26.3 Å². The lowest BCUT2D eigenvalue weighted by molar-refractivity contribution is -0.200. The summed E-state index contributed by atoms with van der Waals surface area (Å²) in [6.45, 7) is 5.67. The number of rotatable bonds is 8. The SMILES string of the molecule is CCOC(=O)C1(C(=O)OCC)/C(=C/c2ccc(OC)cc2)COC1OCC. The molecule has 0 amide bonds. The van der Waals surface area contributed by atoms with Crippen molar-refractivity contribution >= 4 is 18.0 Å². The average molecular weight is 378 g/mol. The molecule has 0 spiro atoms. The van der Waals surface area contributed by atoms with Crippen LogP contribution in [-0.4, -0.2) is 51.8 Å². The summed E-state index contributed by atoms with van der Waals surface area (Å²) >= 11 is 0. The molecule has 2 rings (SSSR count). The molecule has 148 valence electrons. The lowest BCUT2D eigenvalue weighted by Crippen LogP contribution is -2.50. The fraction of sp³-hybridized carbons (Fsp3) is 0.500. The molecule has 0 saturated carbocycles. The standard InChI is InChI=1S/C20H26O7/c1-5-24-17(21)20(18(22)25-6-2)15(13-27-19(20)26-7-3)12-14-8-10-16(23-4)11-9-14/h8-12,19H,5-7,13H2,1-4H3/b15-12+. The number of ether oxygens (including phenoxy) is 5. The van der Waals surface area contributed by atoms with E-state index in [-0.39, 0.29) is 26.4 Å². The van der Waals surface area contributed by atoms with E-state index in [0.29, 0.717) is 11.3 Å². The summed E-state index contributed by atoms with van der Waals surface area (Å²) in [6.07, 6.45) is 0.622. The summed E-state index contributed by atoms with van der Waals surface area (Å²) in [4.78, 5) is 25.9. The van der Waals surface area contributed by atoms with E-state index < -0.39 is 23.6 Å². The van der Waals surface area contributed by atoms with E-state index in [1.807, 2.05) is 12.1 Å². The van der Waals surface area contributed by atoms with Gasteiger partial charge in [0.2, 0.25) is 5.41 Å². The minimum Gasteiger partial charge on any atom is -0.497 e. The van der Waals surface area contributed by atoms with E-state index in [4.69, 9.17) is 23.7 Å². The number of carbonyl (C=O) groups is 2. The highest BCUT2D eigenvalue weighted by molar-refractivity contribution is 6.05. The number of esters is 2. The molecule has 0 aromatic heterocycles. The zero-order chi connectivity index (χ0) is 19.9. The van der Waals surface area contributed by atoms with Crippen LogP contribution >= 0.6 is 0 Å². The number of hydrogen-bond donors (Lipinski definition) is 0. The van der Waals surface area contributed by atoms with Crippen molar-refractivity contribution in [3.63, 3.8) is 0 Å². The molecular weight excluding hydrogens is 352 g/mol. The van der Waals surface area contributed by atoms with Crippen molar-refractivity contribution in [1.29, 1.82) is 0 Å². The van der Waals surface area contributed by atoms with E-state index in [0.717, 1.165) is 5.56 Å². The average Bonchev–Trinajstić information content (AvgIpc) is 3.02. The van der Waals surface area contributed by atoms with Crippen molar-refractivity contribution in [2.75, 3.05) is 33.5 Å². The van der Waals surface area contributed by atoms with Gasteiger partial charge in [0.15, 0.2) is 6.29 Å². The number of carbonyl (C=O) groups excluding carboxylic acids is 2. The molecule has 1 aliphatic heterocycles. The summed E-state index contributed by atoms with van der Waals surface area (Å²) in [5, 5.41) is 0. The van der Waals surface area contributed by atoms with Crippen molar-refractivity contribution in [3.8, 4) is 5.75 Å². The van der Waals surface area contributed by atoms with Crippen molar-refractivity contribution in [1.82, 2.24) is 0 Å². The molecule has 0 N–H and O–H groups in total. The fourth-order valence-corrected chi connectivity index (χ4v) is 2.96. The smallest absolute Gasteiger partial charge is 0.333 e. The van der Waals surface area contributed by atoms with Gasteiger partial charge in [0.05, 0.1) is 26.9 Å². The van der Waals surface area contributed by atoms with Crippen molar-refractivity contribution in [2.24, 2.45) is 5.41 Å². The molecule has 0 bridgehead atoms. The maximum absolute atomic E-state index is 12.9. The Bertz CT molecular complexity index is 660. The molecule has 1 heterocycles. The van der Waals surface area contributed by atoms with Gasteiger partial charge in [-0.2, -0.15) is 0 Å². The van der Waals surface area contributed by atoms with E-state index in [1.165, 1.54) is 0 Å². The maximum atomic E-state index is 12.9. The van der Waals surface area contributed by atoms with Gasteiger partial charge >= 0.3 is 11.9 Å². The van der Waals surface area contributed by atoms with Crippen LogP contribution in [0.2, 0.25) is 0 Å². The highest BCUT2D eigenvalue weighted by Crippen LogP contribution is 2.44. The van der Waals surface area contributed by atoms with Gasteiger partial charge in [-0.15, -0.1) is 0 Å². The number of methoxy groups -OCH3 is 1. The minimum atomic E-state index is -1.79. The Morgan fingerprint density at radius 3 is 2.15 bits per heavy atom. The molecule has 1 aliphatic rings. The normalized spacial score (nSPS) is 19.7. The molecular formula is C20H26O7. The Balaban J connectivity index is 2.55. The quantitative estimate of drug-likeness (QED) is 0.508. The second kappa shape index (κ2) is 9.53. The first-order valence-electron chi connectivity index (χ1n) is 8.97. The summed E-state index contributed by atoms with van der Waals surface area (Å²) < 4.78 is 26.8. The fourth-order valence-electron chi connectivity index (χ4n) is 2.96. The monoisotopic (exact) mass is 378 g/mol. The topological polar surface area (TPSA) is 80.3 Å². The van der Waals surface area contributed by atoms with E-state index in [2.05, 4.69) is 0 Å². The molecule has 27 heavy (non-hydrogen) atoms. The second-order valence-corrected chi connectivity index (χ2v) is 5.79. The number of hydrogen-bond acceptors (Lipinski definition) is 7. The van der Waals surface area contributed by atoms with Crippen LogP contribution < -0.4 is 4.74 Å². The first kappa shape index (κ1) is 20.9. The molecule has 0 aliphatic carbocycles. The predicted molar refractivity (Wildman–Crippen MR) is 98.0 cm³/mol. The molecule has 1 saturated heterocycles. The first-order chi connectivity index (χ1) is 13.0.